The number of carbonyl (C=O) groups is 1. The van der Waals surface area contributed by atoms with Gasteiger partial charge in [0.1, 0.15) is 11.5 Å². The van der Waals surface area contributed by atoms with Crippen LogP contribution in [-0.4, -0.2) is 6.03 Å². The standard InChI is InChI=1S/C15H18N2O2/c1-11-8-9-14(19-11)12(2)17-15(18)16-10-13-6-4-3-5-7-13/h3-9,12H,10H2,1-2H3,(H2,16,17,18). The fraction of sp³-hybridized carbons (Fsp3) is 0.267. The minimum Gasteiger partial charge on any atom is -0.464 e. The third-order valence-corrected chi connectivity index (χ3v) is 2.83. The molecule has 100 valence electrons. The van der Waals surface area contributed by atoms with Gasteiger partial charge in [-0.3, -0.25) is 0 Å². The van der Waals surface area contributed by atoms with E-state index in [4.69, 9.17) is 4.42 Å². The molecule has 1 unspecified atom stereocenters. The van der Waals surface area contributed by atoms with Crippen molar-refractivity contribution in [2.75, 3.05) is 0 Å². The van der Waals surface area contributed by atoms with Gasteiger partial charge in [-0.25, -0.2) is 4.79 Å². The van der Waals surface area contributed by atoms with E-state index in [2.05, 4.69) is 10.6 Å². The second kappa shape index (κ2) is 6.09. The van der Waals surface area contributed by atoms with Crippen molar-refractivity contribution in [2.24, 2.45) is 0 Å². The van der Waals surface area contributed by atoms with Crippen molar-refractivity contribution in [1.29, 1.82) is 0 Å². The number of hydrogen-bond acceptors (Lipinski definition) is 2. The van der Waals surface area contributed by atoms with Gasteiger partial charge in [0.15, 0.2) is 0 Å². The van der Waals surface area contributed by atoms with E-state index in [0.29, 0.717) is 6.54 Å². The summed E-state index contributed by atoms with van der Waals surface area (Å²) in [6.07, 6.45) is 0. The zero-order chi connectivity index (χ0) is 13.7. The number of nitrogens with one attached hydrogen (secondary N) is 2. The van der Waals surface area contributed by atoms with Crippen molar-refractivity contribution < 1.29 is 9.21 Å². The number of benzene rings is 1. The summed E-state index contributed by atoms with van der Waals surface area (Å²) in [4.78, 5) is 11.7. The fourth-order valence-corrected chi connectivity index (χ4v) is 1.78. The molecule has 0 aliphatic rings. The molecule has 1 aromatic heterocycles. The number of carbonyl (C=O) groups excluding carboxylic acids is 1. The molecule has 0 saturated heterocycles. The summed E-state index contributed by atoms with van der Waals surface area (Å²) < 4.78 is 5.47. The molecule has 0 fully saturated rings. The molecule has 2 rings (SSSR count). The highest BCUT2D eigenvalue weighted by molar-refractivity contribution is 5.74. The minimum atomic E-state index is -0.203. The number of urea groups is 1. The average Bonchev–Trinajstić information content (AvgIpc) is 2.84. The van der Waals surface area contributed by atoms with Crippen LogP contribution in [0.2, 0.25) is 0 Å². The molecule has 4 nitrogen and oxygen atoms in total. The van der Waals surface area contributed by atoms with Crippen LogP contribution in [0.25, 0.3) is 0 Å². The lowest BCUT2D eigenvalue weighted by atomic mass is 10.2. The van der Waals surface area contributed by atoms with E-state index < -0.39 is 0 Å². The third-order valence-electron chi connectivity index (χ3n) is 2.83. The molecule has 0 spiro atoms. The largest absolute Gasteiger partial charge is 0.464 e. The summed E-state index contributed by atoms with van der Waals surface area (Å²) in [6, 6.07) is 13.2. The summed E-state index contributed by atoms with van der Waals surface area (Å²) in [7, 11) is 0. The highest BCUT2D eigenvalue weighted by Gasteiger charge is 2.12. The van der Waals surface area contributed by atoms with Gasteiger partial charge >= 0.3 is 6.03 Å². The Kier molecular flexibility index (Phi) is 4.23. The van der Waals surface area contributed by atoms with Crippen molar-refractivity contribution in [3.63, 3.8) is 0 Å². The van der Waals surface area contributed by atoms with Gasteiger partial charge in [-0.15, -0.1) is 0 Å². The summed E-state index contributed by atoms with van der Waals surface area (Å²) in [6.45, 7) is 4.28. The molecular weight excluding hydrogens is 240 g/mol. The smallest absolute Gasteiger partial charge is 0.315 e. The first-order valence-corrected chi connectivity index (χ1v) is 6.30. The number of hydrogen-bond donors (Lipinski definition) is 2. The molecule has 2 amide bonds. The van der Waals surface area contributed by atoms with Gasteiger partial charge in [-0.1, -0.05) is 30.3 Å². The van der Waals surface area contributed by atoms with Crippen molar-refractivity contribution in [3.05, 3.63) is 59.5 Å². The van der Waals surface area contributed by atoms with E-state index in [0.717, 1.165) is 17.1 Å². The normalized spacial score (nSPS) is 11.9. The van der Waals surface area contributed by atoms with Gasteiger partial charge in [0.25, 0.3) is 0 Å². The zero-order valence-corrected chi connectivity index (χ0v) is 11.1. The van der Waals surface area contributed by atoms with E-state index in [1.54, 1.807) is 0 Å². The van der Waals surface area contributed by atoms with Gasteiger partial charge < -0.3 is 15.1 Å². The molecule has 0 saturated carbocycles. The molecule has 4 heteroatoms. The molecule has 0 radical (unpaired) electrons. The Bertz CT molecular complexity index is 534. The Morgan fingerprint density at radius 2 is 1.95 bits per heavy atom. The van der Waals surface area contributed by atoms with Gasteiger partial charge in [0, 0.05) is 6.54 Å². The van der Waals surface area contributed by atoms with Crippen LogP contribution >= 0.6 is 0 Å². The first-order chi connectivity index (χ1) is 9.15. The number of aryl methyl sites for hydroxylation is 1. The summed E-state index contributed by atoms with van der Waals surface area (Å²) >= 11 is 0. The van der Waals surface area contributed by atoms with Gasteiger partial charge in [0.2, 0.25) is 0 Å². The average molecular weight is 258 g/mol. The third kappa shape index (κ3) is 3.88. The first kappa shape index (κ1) is 13.2. The molecule has 0 bridgehead atoms. The summed E-state index contributed by atoms with van der Waals surface area (Å²) in [5, 5.41) is 5.65. The minimum absolute atomic E-state index is 0.149. The summed E-state index contributed by atoms with van der Waals surface area (Å²) in [5.74, 6) is 1.60. The first-order valence-electron chi connectivity index (χ1n) is 6.30. The monoisotopic (exact) mass is 258 g/mol. The van der Waals surface area contributed by atoms with Crippen LogP contribution in [0.3, 0.4) is 0 Å². The Morgan fingerprint density at radius 3 is 2.58 bits per heavy atom. The van der Waals surface area contributed by atoms with E-state index in [1.165, 1.54) is 0 Å². The zero-order valence-electron chi connectivity index (χ0n) is 11.1. The Morgan fingerprint density at radius 1 is 1.21 bits per heavy atom. The van der Waals surface area contributed by atoms with Crippen LogP contribution in [0.1, 0.15) is 30.0 Å². The Labute approximate surface area is 112 Å². The lowest BCUT2D eigenvalue weighted by Crippen LogP contribution is -2.36. The lowest BCUT2D eigenvalue weighted by molar-refractivity contribution is 0.235. The van der Waals surface area contributed by atoms with E-state index in [-0.39, 0.29) is 12.1 Å². The summed E-state index contributed by atoms with van der Waals surface area (Å²) in [5.41, 5.74) is 1.07. The van der Waals surface area contributed by atoms with Crippen molar-refractivity contribution in [2.45, 2.75) is 26.4 Å². The molecule has 1 atom stereocenters. The second-order valence-electron chi connectivity index (χ2n) is 4.48. The van der Waals surface area contributed by atoms with Crippen LogP contribution in [0, 0.1) is 6.92 Å². The maximum atomic E-state index is 11.7. The maximum Gasteiger partial charge on any atom is 0.315 e. The predicted molar refractivity (Wildman–Crippen MR) is 73.7 cm³/mol. The molecule has 0 aliphatic carbocycles. The molecular formula is C15H18N2O2. The highest BCUT2D eigenvalue weighted by Crippen LogP contribution is 2.15. The van der Waals surface area contributed by atoms with Crippen LogP contribution < -0.4 is 10.6 Å². The van der Waals surface area contributed by atoms with Crippen molar-refractivity contribution in [3.8, 4) is 0 Å². The number of rotatable bonds is 4. The van der Waals surface area contributed by atoms with Crippen molar-refractivity contribution in [1.82, 2.24) is 10.6 Å². The number of amides is 2. The molecule has 1 aromatic carbocycles. The molecule has 2 aromatic rings. The molecule has 0 aliphatic heterocycles. The molecule has 19 heavy (non-hydrogen) atoms. The van der Waals surface area contributed by atoms with E-state index in [1.807, 2.05) is 56.3 Å². The predicted octanol–water partition coefficient (Wildman–Crippen LogP) is 3.15. The lowest BCUT2D eigenvalue weighted by Gasteiger charge is -2.12. The van der Waals surface area contributed by atoms with Crippen LogP contribution in [0.5, 0.6) is 0 Å². The van der Waals surface area contributed by atoms with E-state index in [9.17, 15) is 4.79 Å². The van der Waals surface area contributed by atoms with Crippen LogP contribution in [0.4, 0.5) is 4.79 Å². The van der Waals surface area contributed by atoms with Crippen LogP contribution in [0.15, 0.2) is 46.9 Å². The quantitative estimate of drug-likeness (QED) is 0.885. The maximum absolute atomic E-state index is 11.7. The Balaban J connectivity index is 1.81. The van der Waals surface area contributed by atoms with Crippen LogP contribution in [-0.2, 0) is 6.54 Å². The van der Waals surface area contributed by atoms with Gasteiger partial charge in [-0.2, -0.15) is 0 Å². The van der Waals surface area contributed by atoms with Gasteiger partial charge in [0.05, 0.1) is 6.04 Å². The van der Waals surface area contributed by atoms with Crippen molar-refractivity contribution >= 4 is 6.03 Å². The molecule has 1 heterocycles. The molecule has 2 N–H and O–H groups in total. The van der Waals surface area contributed by atoms with E-state index >= 15 is 0 Å². The number of furan rings is 1. The van der Waals surface area contributed by atoms with Gasteiger partial charge in [-0.05, 0) is 31.5 Å². The fourth-order valence-electron chi connectivity index (χ4n) is 1.78. The Hall–Kier alpha value is -2.23. The topological polar surface area (TPSA) is 54.3 Å². The second-order valence-corrected chi connectivity index (χ2v) is 4.48. The SMILES string of the molecule is Cc1ccc(C(C)NC(=O)NCc2ccccc2)o1. The highest BCUT2D eigenvalue weighted by atomic mass is 16.3.